The maximum absolute atomic E-state index is 12.1. The number of nitrogens with zero attached hydrogens (tertiary/aromatic N) is 1. The maximum Gasteiger partial charge on any atom is 0.254 e. The van der Waals surface area contributed by atoms with E-state index >= 15 is 0 Å². The monoisotopic (exact) mass is 236 g/mol. The van der Waals surface area contributed by atoms with E-state index in [0.29, 0.717) is 17.1 Å². The summed E-state index contributed by atoms with van der Waals surface area (Å²) in [4.78, 5) is 13.9. The molecule has 0 aliphatic carbocycles. The molecular formula is C12H16N2OS. The minimum atomic E-state index is -0.0472. The Morgan fingerprint density at radius 3 is 2.62 bits per heavy atom. The molecule has 0 saturated carbocycles. The molecule has 0 radical (unpaired) electrons. The smallest absolute Gasteiger partial charge is 0.254 e. The van der Waals surface area contributed by atoms with Crippen LogP contribution in [0.1, 0.15) is 21.5 Å². The lowest BCUT2D eigenvalue weighted by molar-refractivity contribution is 0.0814. The fourth-order valence-electron chi connectivity index (χ4n) is 1.49. The molecule has 0 aromatic heterocycles. The second-order valence-electron chi connectivity index (χ2n) is 3.87. The van der Waals surface area contributed by atoms with Crippen LogP contribution in [0.15, 0.2) is 18.2 Å². The predicted octanol–water partition coefficient (Wildman–Crippen LogP) is 1.66. The third-order valence-corrected chi connectivity index (χ3v) is 2.70. The van der Waals surface area contributed by atoms with Crippen molar-refractivity contribution in [2.75, 3.05) is 13.6 Å². The van der Waals surface area contributed by atoms with Crippen molar-refractivity contribution >= 4 is 23.1 Å². The quantitative estimate of drug-likeness (QED) is 0.812. The van der Waals surface area contributed by atoms with Gasteiger partial charge in [-0.05, 0) is 31.0 Å². The lowest BCUT2D eigenvalue weighted by atomic mass is 10.0. The van der Waals surface area contributed by atoms with Crippen molar-refractivity contribution in [1.82, 2.24) is 4.90 Å². The molecule has 16 heavy (non-hydrogen) atoms. The molecule has 0 bridgehead atoms. The van der Waals surface area contributed by atoms with Crippen LogP contribution in [0, 0.1) is 13.8 Å². The second kappa shape index (κ2) is 5.07. The van der Waals surface area contributed by atoms with Crippen molar-refractivity contribution in [2.24, 2.45) is 5.73 Å². The average Bonchev–Trinajstić information content (AvgIpc) is 2.20. The molecule has 0 saturated heterocycles. The Hall–Kier alpha value is -1.42. The Kier molecular flexibility index (Phi) is 4.01. The van der Waals surface area contributed by atoms with Crippen LogP contribution >= 0.6 is 12.2 Å². The molecule has 0 unspecified atom stereocenters. The van der Waals surface area contributed by atoms with Crippen molar-refractivity contribution in [2.45, 2.75) is 13.8 Å². The van der Waals surface area contributed by atoms with Gasteiger partial charge in [-0.3, -0.25) is 4.79 Å². The fraction of sp³-hybridized carbons (Fsp3) is 0.333. The number of benzene rings is 1. The van der Waals surface area contributed by atoms with Gasteiger partial charge in [0, 0.05) is 12.6 Å². The number of hydrogen-bond donors (Lipinski definition) is 1. The molecule has 1 rings (SSSR count). The molecule has 0 heterocycles. The van der Waals surface area contributed by atoms with Gasteiger partial charge in [-0.25, -0.2) is 0 Å². The van der Waals surface area contributed by atoms with Crippen LogP contribution in [-0.4, -0.2) is 29.4 Å². The Morgan fingerprint density at radius 2 is 2.06 bits per heavy atom. The summed E-state index contributed by atoms with van der Waals surface area (Å²) in [6, 6.07) is 5.69. The first kappa shape index (κ1) is 12.6. The SMILES string of the molecule is Cc1cccc(C(=O)N(C)CC(N)=S)c1C. The largest absolute Gasteiger partial charge is 0.392 e. The van der Waals surface area contributed by atoms with Crippen LogP contribution in [0.25, 0.3) is 0 Å². The Bertz CT molecular complexity index is 429. The van der Waals surface area contributed by atoms with E-state index in [1.54, 1.807) is 7.05 Å². The zero-order chi connectivity index (χ0) is 12.3. The highest BCUT2D eigenvalue weighted by Gasteiger charge is 2.14. The third-order valence-electron chi connectivity index (χ3n) is 2.57. The minimum absolute atomic E-state index is 0.0472. The maximum atomic E-state index is 12.1. The summed E-state index contributed by atoms with van der Waals surface area (Å²) in [7, 11) is 1.70. The van der Waals surface area contributed by atoms with Crippen LogP contribution in [0.5, 0.6) is 0 Å². The number of amides is 1. The first-order valence-corrected chi connectivity index (χ1v) is 5.44. The number of hydrogen-bond acceptors (Lipinski definition) is 2. The lowest BCUT2D eigenvalue weighted by Crippen LogP contribution is -2.34. The van der Waals surface area contributed by atoms with Gasteiger partial charge < -0.3 is 10.6 Å². The molecule has 1 aromatic carbocycles. The van der Waals surface area contributed by atoms with E-state index in [9.17, 15) is 4.79 Å². The molecule has 0 aliphatic heterocycles. The van der Waals surface area contributed by atoms with Gasteiger partial charge in [-0.15, -0.1) is 0 Å². The average molecular weight is 236 g/mol. The van der Waals surface area contributed by atoms with Crippen LogP contribution < -0.4 is 5.73 Å². The van der Waals surface area contributed by atoms with Crippen molar-refractivity contribution in [3.63, 3.8) is 0 Å². The molecule has 2 N–H and O–H groups in total. The number of carbonyl (C=O) groups is 1. The summed E-state index contributed by atoms with van der Waals surface area (Å²) in [6.45, 7) is 4.23. The van der Waals surface area contributed by atoms with E-state index < -0.39 is 0 Å². The van der Waals surface area contributed by atoms with Gasteiger partial charge >= 0.3 is 0 Å². The normalized spacial score (nSPS) is 9.94. The van der Waals surface area contributed by atoms with Gasteiger partial charge in [-0.2, -0.15) is 0 Å². The molecule has 1 amide bonds. The first-order chi connectivity index (χ1) is 7.43. The highest BCUT2D eigenvalue weighted by atomic mass is 32.1. The van der Waals surface area contributed by atoms with Gasteiger partial charge in [0.1, 0.15) is 0 Å². The molecule has 86 valence electrons. The lowest BCUT2D eigenvalue weighted by Gasteiger charge is -2.18. The third kappa shape index (κ3) is 2.79. The number of nitrogens with two attached hydrogens (primary N) is 1. The highest BCUT2D eigenvalue weighted by molar-refractivity contribution is 7.80. The fourth-order valence-corrected chi connectivity index (χ4v) is 1.69. The number of likely N-dealkylation sites (N-methyl/N-ethyl adjacent to an activating group) is 1. The number of aryl methyl sites for hydroxylation is 1. The van der Waals surface area contributed by atoms with E-state index in [1.165, 1.54) is 4.90 Å². The van der Waals surface area contributed by atoms with Crippen LogP contribution in [0.4, 0.5) is 0 Å². The van der Waals surface area contributed by atoms with Crippen LogP contribution in [0.2, 0.25) is 0 Å². The molecule has 0 aliphatic rings. The van der Waals surface area contributed by atoms with Crippen molar-refractivity contribution in [3.05, 3.63) is 34.9 Å². The molecule has 3 nitrogen and oxygen atoms in total. The first-order valence-electron chi connectivity index (χ1n) is 5.03. The minimum Gasteiger partial charge on any atom is -0.392 e. The van der Waals surface area contributed by atoms with Crippen molar-refractivity contribution < 1.29 is 4.79 Å². The Balaban J connectivity index is 2.96. The van der Waals surface area contributed by atoms with E-state index in [4.69, 9.17) is 18.0 Å². The van der Waals surface area contributed by atoms with Gasteiger partial charge in [0.15, 0.2) is 0 Å². The van der Waals surface area contributed by atoms with E-state index in [0.717, 1.165) is 11.1 Å². The Labute approximate surface area is 101 Å². The van der Waals surface area contributed by atoms with E-state index in [1.807, 2.05) is 32.0 Å². The highest BCUT2D eigenvalue weighted by Crippen LogP contribution is 2.14. The van der Waals surface area contributed by atoms with Crippen LogP contribution in [-0.2, 0) is 0 Å². The molecule has 0 atom stereocenters. The summed E-state index contributed by atoms with van der Waals surface area (Å²) in [5, 5.41) is 0. The topological polar surface area (TPSA) is 46.3 Å². The molecule has 0 spiro atoms. The summed E-state index contributed by atoms with van der Waals surface area (Å²) in [5.74, 6) is -0.0472. The van der Waals surface area contributed by atoms with Crippen molar-refractivity contribution in [1.29, 1.82) is 0 Å². The van der Waals surface area contributed by atoms with Gasteiger partial charge in [0.05, 0.1) is 11.5 Å². The summed E-state index contributed by atoms with van der Waals surface area (Å²) in [5.41, 5.74) is 8.23. The summed E-state index contributed by atoms with van der Waals surface area (Å²) in [6.07, 6.45) is 0. The van der Waals surface area contributed by atoms with Gasteiger partial charge in [0.2, 0.25) is 0 Å². The number of carbonyl (C=O) groups excluding carboxylic acids is 1. The number of thiocarbonyl (C=S) groups is 1. The van der Waals surface area contributed by atoms with Gasteiger partial charge in [0.25, 0.3) is 5.91 Å². The predicted molar refractivity (Wildman–Crippen MR) is 69.7 cm³/mol. The molecular weight excluding hydrogens is 220 g/mol. The van der Waals surface area contributed by atoms with Crippen molar-refractivity contribution in [3.8, 4) is 0 Å². The van der Waals surface area contributed by atoms with E-state index in [2.05, 4.69) is 0 Å². The standard InChI is InChI=1S/C12H16N2OS/c1-8-5-4-6-10(9(8)2)12(15)14(3)7-11(13)16/h4-6H,7H2,1-3H3,(H2,13,16). The zero-order valence-corrected chi connectivity index (χ0v) is 10.6. The second-order valence-corrected chi connectivity index (χ2v) is 4.40. The van der Waals surface area contributed by atoms with Crippen LogP contribution in [0.3, 0.4) is 0 Å². The molecule has 1 aromatic rings. The zero-order valence-electron chi connectivity index (χ0n) is 9.78. The molecule has 0 fully saturated rings. The number of rotatable bonds is 3. The van der Waals surface area contributed by atoms with Gasteiger partial charge in [-0.1, -0.05) is 24.4 Å². The Morgan fingerprint density at radius 1 is 1.44 bits per heavy atom. The summed E-state index contributed by atoms with van der Waals surface area (Å²) < 4.78 is 0. The molecule has 4 heteroatoms. The van der Waals surface area contributed by atoms with E-state index in [-0.39, 0.29) is 5.91 Å². The summed E-state index contributed by atoms with van der Waals surface area (Å²) >= 11 is 4.78.